The number of benzene rings is 2. The number of carbonyl (C=O) groups is 1. The van der Waals surface area contributed by atoms with E-state index in [1.165, 1.54) is 12.1 Å². The highest BCUT2D eigenvalue weighted by Gasteiger charge is 2.24. The van der Waals surface area contributed by atoms with Gasteiger partial charge in [-0.15, -0.1) is 5.10 Å². The maximum atomic E-state index is 13.1. The number of aromatic nitrogens is 2. The molecule has 2 aromatic carbocycles. The summed E-state index contributed by atoms with van der Waals surface area (Å²) >= 11 is 0. The zero-order valence-corrected chi connectivity index (χ0v) is 22.6. The molecule has 39 heavy (non-hydrogen) atoms. The van der Waals surface area contributed by atoms with E-state index in [2.05, 4.69) is 15.3 Å². The van der Waals surface area contributed by atoms with Gasteiger partial charge in [-0.3, -0.25) is 5.32 Å². The Balaban J connectivity index is 0.000000223. The molecule has 1 saturated heterocycles. The second kappa shape index (κ2) is 14.6. The number of carbonyl (C=O) groups excluding carboxylic acids is 1. The van der Waals surface area contributed by atoms with E-state index in [4.69, 9.17) is 15.2 Å². The molecular formula is C28H37F2N5O4. The van der Waals surface area contributed by atoms with Gasteiger partial charge in [0.25, 0.3) is 0 Å². The first-order valence-corrected chi connectivity index (χ1v) is 12.9. The Bertz CT molecular complexity index is 1210. The maximum Gasteiger partial charge on any atom is 0.317 e. The van der Waals surface area contributed by atoms with Gasteiger partial charge in [0.05, 0.1) is 24.0 Å². The number of para-hydroxylation sites is 1. The van der Waals surface area contributed by atoms with Crippen molar-refractivity contribution in [2.45, 2.75) is 38.7 Å². The number of halogens is 2. The number of ether oxygens (including phenoxy) is 2. The molecule has 1 aliphatic heterocycles. The van der Waals surface area contributed by atoms with E-state index in [0.29, 0.717) is 36.2 Å². The van der Waals surface area contributed by atoms with Crippen LogP contribution in [0.4, 0.5) is 19.4 Å². The lowest BCUT2D eigenvalue weighted by Gasteiger charge is -2.15. The van der Waals surface area contributed by atoms with Crippen LogP contribution in [0.5, 0.6) is 5.88 Å². The monoisotopic (exact) mass is 545 g/mol. The topological polar surface area (TPSA) is 115 Å². The van der Waals surface area contributed by atoms with Crippen molar-refractivity contribution < 1.29 is 28.2 Å². The normalized spacial score (nSPS) is 15.9. The number of methoxy groups -OCH3 is 1. The Morgan fingerprint density at radius 3 is 2.62 bits per heavy atom. The van der Waals surface area contributed by atoms with Crippen LogP contribution in [0.1, 0.15) is 36.8 Å². The molecule has 212 valence electrons. The summed E-state index contributed by atoms with van der Waals surface area (Å²) in [6.45, 7) is 7.27. The number of hydrogen-bond donors (Lipinski definition) is 3. The molecule has 2 amide bonds. The zero-order valence-electron chi connectivity index (χ0n) is 22.6. The molecule has 11 heteroatoms. The molecule has 2 heterocycles. The molecule has 2 atom stereocenters. The number of urea groups is 1. The second-order valence-corrected chi connectivity index (χ2v) is 9.34. The summed E-state index contributed by atoms with van der Waals surface area (Å²) in [5.41, 5.74) is 7.52. The van der Waals surface area contributed by atoms with Crippen molar-refractivity contribution in [3.8, 4) is 11.6 Å². The Labute approximate surface area is 227 Å². The average molecular weight is 546 g/mol. The van der Waals surface area contributed by atoms with E-state index in [-0.39, 0.29) is 6.61 Å². The average Bonchev–Trinajstić information content (AvgIpc) is 3.53. The van der Waals surface area contributed by atoms with Gasteiger partial charge in [0, 0.05) is 20.2 Å². The van der Waals surface area contributed by atoms with Crippen LogP contribution >= 0.6 is 0 Å². The van der Waals surface area contributed by atoms with E-state index in [0.717, 1.165) is 37.3 Å². The van der Waals surface area contributed by atoms with Gasteiger partial charge >= 0.3 is 6.03 Å². The number of nitrogens with one attached hydrogen (secondary N) is 1. The highest BCUT2D eigenvalue weighted by Crippen LogP contribution is 2.29. The summed E-state index contributed by atoms with van der Waals surface area (Å²) in [5.74, 6) is -0.428. The van der Waals surface area contributed by atoms with Crippen molar-refractivity contribution in [3.63, 3.8) is 0 Å². The van der Waals surface area contributed by atoms with Crippen LogP contribution in [0.25, 0.3) is 5.69 Å². The molecular weight excluding hydrogens is 508 g/mol. The molecule has 0 bridgehead atoms. The van der Waals surface area contributed by atoms with Crippen LogP contribution in [-0.2, 0) is 4.74 Å². The number of hydrogen-bond acceptors (Lipinski definition) is 6. The fourth-order valence-corrected chi connectivity index (χ4v) is 4.22. The van der Waals surface area contributed by atoms with Crippen LogP contribution in [-0.4, -0.2) is 71.9 Å². The minimum Gasteiger partial charge on any atom is -0.474 e. The summed E-state index contributed by atoms with van der Waals surface area (Å²) in [5, 5.41) is 16.5. The van der Waals surface area contributed by atoms with Crippen molar-refractivity contribution in [3.05, 3.63) is 71.3 Å². The maximum absolute atomic E-state index is 13.1. The van der Waals surface area contributed by atoms with E-state index in [1.54, 1.807) is 24.8 Å². The number of nitrogens with zero attached hydrogens (tertiary/aromatic N) is 3. The number of aliphatic hydroxyl groups is 1. The predicted molar refractivity (Wildman–Crippen MR) is 145 cm³/mol. The number of aliphatic hydroxyl groups excluding tert-OH is 1. The van der Waals surface area contributed by atoms with Gasteiger partial charge in [0.2, 0.25) is 5.88 Å². The van der Waals surface area contributed by atoms with Gasteiger partial charge in [0.15, 0.2) is 11.6 Å². The molecule has 0 radical (unpaired) electrons. The van der Waals surface area contributed by atoms with Crippen molar-refractivity contribution >= 4 is 11.8 Å². The lowest BCUT2D eigenvalue weighted by atomic mass is 9.98. The second-order valence-electron chi connectivity index (χ2n) is 9.34. The smallest absolute Gasteiger partial charge is 0.317 e. The highest BCUT2D eigenvalue weighted by molar-refractivity contribution is 5.88. The first kappa shape index (κ1) is 30.0. The van der Waals surface area contributed by atoms with Crippen molar-refractivity contribution in [2.24, 2.45) is 5.73 Å². The molecule has 0 saturated carbocycles. The van der Waals surface area contributed by atoms with Gasteiger partial charge in [-0.1, -0.05) is 31.2 Å². The Morgan fingerprint density at radius 2 is 1.97 bits per heavy atom. The van der Waals surface area contributed by atoms with Crippen molar-refractivity contribution in [1.82, 2.24) is 14.7 Å². The summed E-state index contributed by atoms with van der Waals surface area (Å²) in [7, 11) is 1.68. The molecule has 0 aliphatic carbocycles. The minimum atomic E-state index is -0.775. The van der Waals surface area contributed by atoms with Gasteiger partial charge in [-0.05, 0) is 62.1 Å². The molecule has 0 spiro atoms. The molecule has 3 aromatic rings. The number of rotatable bonds is 10. The van der Waals surface area contributed by atoms with Gasteiger partial charge < -0.3 is 25.2 Å². The van der Waals surface area contributed by atoms with Crippen LogP contribution in [0.2, 0.25) is 0 Å². The Kier molecular flexibility index (Phi) is 11.2. The lowest BCUT2D eigenvalue weighted by molar-refractivity contribution is 0.101. The number of nitrogens with two attached hydrogens (primary N) is 1. The summed E-state index contributed by atoms with van der Waals surface area (Å²) in [4.78, 5) is 13.5. The van der Waals surface area contributed by atoms with Gasteiger partial charge in [-0.25, -0.2) is 18.3 Å². The summed E-state index contributed by atoms with van der Waals surface area (Å²) in [6.07, 6.45) is 1.02. The summed E-state index contributed by atoms with van der Waals surface area (Å²) in [6, 6.07) is 12.8. The minimum absolute atomic E-state index is 0.138. The first-order chi connectivity index (χ1) is 18.7. The third-order valence-corrected chi connectivity index (χ3v) is 6.50. The first-order valence-electron chi connectivity index (χ1n) is 12.9. The van der Waals surface area contributed by atoms with Gasteiger partial charge in [-0.2, -0.15) is 0 Å². The number of likely N-dealkylation sites (tertiary alicyclic amines) is 1. The van der Waals surface area contributed by atoms with Crippen LogP contribution in [0, 0.1) is 18.6 Å². The lowest BCUT2D eigenvalue weighted by Crippen LogP contribution is -2.24. The molecule has 1 aromatic heterocycles. The van der Waals surface area contributed by atoms with E-state index in [9.17, 15) is 18.7 Å². The summed E-state index contributed by atoms with van der Waals surface area (Å²) < 4.78 is 38.1. The Hall–Kier alpha value is -3.54. The van der Waals surface area contributed by atoms with Crippen LogP contribution in [0.3, 0.4) is 0 Å². The molecule has 2 unspecified atom stereocenters. The predicted octanol–water partition coefficient (Wildman–Crippen LogP) is 4.22. The molecule has 1 aliphatic rings. The third kappa shape index (κ3) is 8.47. The molecule has 4 rings (SSSR count). The van der Waals surface area contributed by atoms with E-state index in [1.807, 2.05) is 37.3 Å². The largest absolute Gasteiger partial charge is 0.474 e. The third-order valence-electron chi connectivity index (χ3n) is 6.50. The van der Waals surface area contributed by atoms with E-state index >= 15 is 0 Å². The fraction of sp³-hybridized carbons (Fsp3) is 0.429. The van der Waals surface area contributed by atoms with E-state index < -0.39 is 23.8 Å². The number of primary amides is 1. The Morgan fingerprint density at radius 1 is 1.23 bits per heavy atom. The molecule has 4 N–H and O–H groups in total. The quantitative estimate of drug-likeness (QED) is 0.352. The standard InChI is InChI=1S/C15H20N4O3.C13H17F2NO/c1-3-12(20)9-22-14-10(2)13(17-15(16)21)19(18-14)11-7-5-4-6-8-11;1-17-7-6-16-5-4-11(9-16)10-2-3-12(14)13(15)8-10/h4-8,12,20H,3,9H2,1-2H3,(H3,16,17,21);2-3,8,11H,4-7,9H2,1H3. The molecule has 1 fully saturated rings. The molecule has 9 nitrogen and oxygen atoms in total. The SMILES string of the molecule is CCC(O)COc1nn(-c2ccccc2)c(NC(N)=O)c1C.COCCN1CCC(c2ccc(F)c(F)c2)C1. The zero-order chi connectivity index (χ0) is 28.4. The fourth-order valence-electron chi connectivity index (χ4n) is 4.22. The highest BCUT2D eigenvalue weighted by atomic mass is 19.2. The van der Waals surface area contributed by atoms with Crippen molar-refractivity contribution in [2.75, 3.05) is 45.3 Å². The number of anilines is 1. The van der Waals surface area contributed by atoms with Crippen molar-refractivity contribution in [1.29, 1.82) is 0 Å². The van der Waals surface area contributed by atoms with Gasteiger partial charge in [0.1, 0.15) is 12.4 Å². The van der Waals surface area contributed by atoms with Crippen LogP contribution < -0.4 is 15.8 Å². The number of amides is 2. The van der Waals surface area contributed by atoms with Crippen LogP contribution in [0.15, 0.2) is 48.5 Å².